The summed E-state index contributed by atoms with van der Waals surface area (Å²) in [7, 11) is 0. The Kier molecular flexibility index (Phi) is 5.66. The number of aromatic hydroxyl groups is 1. The number of pyridine rings is 1. The lowest BCUT2D eigenvalue weighted by Gasteiger charge is -2.34. The van der Waals surface area contributed by atoms with Crippen molar-refractivity contribution in [1.29, 1.82) is 5.26 Å². The van der Waals surface area contributed by atoms with Crippen molar-refractivity contribution in [2.75, 3.05) is 23.3 Å². The molecule has 1 aliphatic heterocycles. The Labute approximate surface area is 183 Å². The topological polar surface area (TPSA) is 89.3 Å². The van der Waals surface area contributed by atoms with Crippen molar-refractivity contribution >= 4 is 39.8 Å². The molecule has 0 unspecified atom stereocenters. The van der Waals surface area contributed by atoms with Crippen LogP contribution < -0.4 is 10.2 Å². The standard InChI is InChI=1S/C23H20ClFN4O2/c1-13-8-17(25)10-18-21(13)27-12-15(11-26)22(18)29-6-4-14(5-7-29)23(31)28-19-9-16(24)2-3-20(19)30/h2-3,8-10,12,14,30H,4-7H2,1H3,(H,28,31). The van der Waals surface area contributed by atoms with Crippen molar-refractivity contribution in [3.05, 3.63) is 58.5 Å². The van der Waals surface area contributed by atoms with E-state index in [4.69, 9.17) is 11.6 Å². The van der Waals surface area contributed by atoms with Crippen molar-refractivity contribution in [3.63, 3.8) is 0 Å². The summed E-state index contributed by atoms with van der Waals surface area (Å²) in [5.74, 6) is -0.876. The van der Waals surface area contributed by atoms with Crippen molar-refractivity contribution in [1.82, 2.24) is 4.98 Å². The molecule has 0 saturated carbocycles. The molecule has 0 radical (unpaired) electrons. The van der Waals surface area contributed by atoms with Crippen LogP contribution in [0.15, 0.2) is 36.5 Å². The molecule has 0 aliphatic carbocycles. The van der Waals surface area contributed by atoms with Gasteiger partial charge >= 0.3 is 0 Å². The summed E-state index contributed by atoms with van der Waals surface area (Å²) >= 11 is 5.94. The monoisotopic (exact) mass is 438 g/mol. The zero-order valence-electron chi connectivity index (χ0n) is 16.8. The number of anilines is 2. The Bertz CT molecular complexity index is 1220. The second-order valence-electron chi connectivity index (χ2n) is 7.66. The normalized spacial score (nSPS) is 14.5. The number of hydrogen-bond donors (Lipinski definition) is 2. The van der Waals surface area contributed by atoms with E-state index in [1.165, 1.54) is 30.5 Å². The molecule has 1 amide bonds. The third-order valence-electron chi connectivity index (χ3n) is 5.62. The first-order valence-electron chi connectivity index (χ1n) is 9.90. The Balaban J connectivity index is 1.55. The number of carbonyl (C=O) groups is 1. The molecule has 2 N–H and O–H groups in total. The average molecular weight is 439 g/mol. The molecule has 2 aromatic carbocycles. The smallest absolute Gasteiger partial charge is 0.227 e. The van der Waals surface area contributed by atoms with Crippen LogP contribution in [0.2, 0.25) is 5.02 Å². The Morgan fingerprint density at radius 3 is 2.77 bits per heavy atom. The maximum atomic E-state index is 14.1. The summed E-state index contributed by atoms with van der Waals surface area (Å²) in [5.41, 5.74) is 2.67. The van der Waals surface area contributed by atoms with E-state index in [1.54, 1.807) is 13.0 Å². The van der Waals surface area contributed by atoms with E-state index >= 15 is 0 Å². The van der Waals surface area contributed by atoms with Gasteiger partial charge in [0.1, 0.15) is 17.6 Å². The number of fused-ring (bicyclic) bond motifs is 1. The molecule has 0 atom stereocenters. The van der Waals surface area contributed by atoms with Gasteiger partial charge in [-0.05, 0) is 55.7 Å². The first-order valence-corrected chi connectivity index (χ1v) is 10.3. The Morgan fingerprint density at radius 2 is 2.06 bits per heavy atom. The van der Waals surface area contributed by atoms with Gasteiger partial charge in [-0.15, -0.1) is 0 Å². The molecule has 8 heteroatoms. The van der Waals surface area contributed by atoms with E-state index in [-0.39, 0.29) is 29.1 Å². The molecule has 1 fully saturated rings. The number of benzene rings is 2. The number of nitrogens with one attached hydrogen (secondary N) is 1. The van der Waals surface area contributed by atoms with Crippen molar-refractivity contribution in [3.8, 4) is 11.8 Å². The highest BCUT2D eigenvalue weighted by atomic mass is 35.5. The van der Waals surface area contributed by atoms with Crippen LogP contribution in [0.5, 0.6) is 5.75 Å². The first kappa shape index (κ1) is 20.9. The van der Waals surface area contributed by atoms with Crippen LogP contribution in [0.3, 0.4) is 0 Å². The molecular weight excluding hydrogens is 419 g/mol. The zero-order chi connectivity index (χ0) is 22.1. The number of aromatic nitrogens is 1. The van der Waals surface area contributed by atoms with E-state index in [2.05, 4.69) is 16.4 Å². The summed E-state index contributed by atoms with van der Waals surface area (Å²) in [6.45, 7) is 2.85. The first-order chi connectivity index (χ1) is 14.9. The van der Waals surface area contributed by atoms with Gasteiger partial charge < -0.3 is 15.3 Å². The fourth-order valence-corrected chi connectivity index (χ4v) is 4.23. The van der Waals surface area contributed by atoms with Gasteiger partial charge in [0.05, 0.1) is 22.5 Å². The van der Waals surface area contributed by atoms with E-state index in [9.17, 15) is 19.6 Å². The predicted octanol–water partition coefficient (Wildman–Crippen LogP) is 4.77. The predicted molar refractivity (Wildman–Crippen MR) is 118 cm³/mol. The van der Waals surface area contributed by atoms with Gasteiger partial charge in [-0.3, -0.25) is 9.78 Å². The second kappa shape index (κ2) is 8.40. The Hall–Kier alpha value is -3.37. The summed E-state index contributed by atoms with van der Waals surface area (Å²) in [4.78, 5) is 19.1. The number of aryl methyl sites for hydroxylation is 1. The van der Waals surface area contributed by atoms with Gasteiger partial charge in [-0.2, -0.15) is 5.26 Å². The number of nitrogens with zero attached hydrogens (tertiary/aromatic N) is 3. The number of hydrogen-bond acceptors (Lipinski definition) is 5. The third-order valence-corrected chi connectivity index (χ3v) is 5.85. The van der Waals surface area contributed by atoms with Crippen LogP contribution in [0.1, 0.15) is 24.0 Å². The summed E-state index contributed by atoms with van der Waals surface area (Å²) in [5, 5.41) is 23.3. The van der Waals surface area contributed by atoms with Gasteiger partial charge in [0, 0.05) is 35.6 Å². The molecule has 1 aliphatic rings. The molecule has 0 spiro atoms. The van der Waals surface area contributed by atoms with Crippen molar-refractivity contribution in [2.45, 2.75) is 19.8 Å². The molecular formula is C23H20ClFN4O2. The van der Waals surface area contributed by atoms with E-state index < -0.39 is 0 Å². The van der Waals surface area contributed by atoms with Crippen LogP contribution in [-0.2, 0) is 4.79 Å². The van der Waals surface area contributed by atoms with E-state index in [1.807, 2.05) is 4.90 Å². The van der Waals surface area contributed by atoms with E-state index in [0.29, 0.717) is 58.7 Å². The highest BCUT2D eigenvalue weighted by Crippen LogP contribution is 2.35. The molecule has 3 aromatic rings. The van der Waals surface area contributed by atoms with Crippen molar-refractivity contribution in [2.24, 2.45) is 5.92 Å². The molecule has 2 heterocycles. The van der Waals surface area contributed by atoms with Crippen LogP contribution in [0.25, 0.3) is 10.9 Å². The molecule has 6 nitrogen and oxygen atoms in total. The number of nitriles is 1. The minimum Gasteiger partial charge on any atom is -0.506 e. The number of carbonyl (C=O) groups excluding carboxylic acids is 1. The molecule has 31 heavy (non-hydrogen) atoms. The van der Waals surface area contributed by atoms with Crippen LogP contribution in [-0.4, -0.2) is 29.1 Å². The Morgan fingerprint density at radius 1 is 1.32 bits per heavy atom. The van der Waals surface area contributed by atoms with E-state index in [0.717, 1.165) is 0 Å². The summed E-state index contributed by atoms with van der Waals surface area (Å²) < 4.78 is 14.1. The van der Waals surface area contributed by atoms with Gasteiger partial charge in [0.25, 0.3) is 0 Å². The second-order valence-corrected chi connectivity index (χ2v) is 8.10. The highest BCUT2D eigenvalue weighted by molar-refractivity contribution is 6.31. The maximum absolute atomic E-state index is 14.1. The summed E-state index contributed by atoms with van der Waals surface area (Å²) in [6, 6.07) is 9.46. The fraction of sp³-hybridized carbons (Fsp3) is 0.261. The van der Waals surface area contributed by atoms with Crippen molar-refractivity contribution < 1.29 is 14.3 Å². The molecule has 1 aromatic heterocycles. The molecule has 0 bridgehead atoms. The lowest BCUT2D eigenvalue weighted by molar-refractivity contribution is -0.120. The maximum Gasteiger partial charge on any atom is 0.227 e. The lowest BCUT2D eigenvalue weighted by atomic mass is 9.94. The number of phenolic OH excluding ortho intramolecular Hbond substituents is 1. The van der Waals surface area contributed by atoms with Gasteiger partial charge in [0.2, 0.25) is 5.91 Å². The minimum atomic E-state index is -0.376. The number of halogens is 2. The number of phenols is 1. The zero-order valence-corrected chi connectivity index (χ0v) is 17.6. The largest absolute Gasteiger partial charge is 0.506 e. The van der Waals surface area contributed by atoms with Crippen LogP contribution in [0.4, 0.5) is 15.8 Å². The van der Waals surface area contributed by atoms with Gasteiger partial charge in [-0.1, -0.05) is 11.6 Å². The lowest BCUT2D eigenvalue weighted by Crippen LogP contribution is -2.38. The molecule has 158 valence electrons. The summed E-state index contributed by atoms with van der Waals surface area (Å²) in [6.07, 6.45) is 2.62. The van der Waals surface area contributed by atoms with Crippen LogP contribution in [0, 0.1) is 30.0 Å². The highest BCUT2D eigenvalue weighted by Gasteiger charge is 2.28. The molecule has 4 rings (SSSR count). The fourth-order valence-electron chi connectivity index (χ4n) is 4.05. The third kappa shape index (κ3) is 4.12. The quantitative estimate of drug-likeness (QED) is 0.575. The average Bonchev–Trinajstić information content (AvgIpc) is 2.75. The van der Waals surface area contributed by atoms with Crippen LogP contribution >= 0.6 is 11.6 Å². The van der Waals surface area contributed by atoms with Gasteiger partial charge in [0.15, 0.2) is 0 Å². The minimum absolute atomic E-state index is 0.0468. The number of amides is 1. The number of piperidine rings is 1. The number of rotatable bonds is 3. The SMILES string of the molecule is Cc1cc(F)cc2c(N3CCC(C(=O)Nc4cc(Cl)ccc4O)CC3)c(C#N)cnc12. The van der Waals surface area contributed by atoms with Gasteiger partial charge in [-0.25, -0.2) is 4.39 Å². The molecule has 1 saturated heterocycles.